The molecule has 0 aliphatic carbocycles. The first-order chi connectivity index (χ1) is 9.47. The van der Waals surface area contributed by atoms with Gasteiger partial charge in [0.2, 0.25) is 0 Å². The Bertz CT molecular complexity index is 476. The molecular formula is C13H19F2N3O2. The molecule has 1 aliphatic rings. The molecule has 7 heteroatoms. The molecule has 112 valence electrons. The summed E-state index contributed by atoms with van der Waals surface area (Å²) >= 11 is 0. The number of hydrogen-bond donors (Lipinski definition) is 0. The fraction of sp³-hybridized carbons (Fsp3) is 0.692. The number of hydrogen-bond acceptors (Lipinski definition) is 3. The van der Waals surface area contributed by atoms with E-state index in [0.29, 0.717) is 12.1 Å². The van der Waals surface area contributed by atoms with Gasteiger partial charge in [0, 0.05) is 39.4 Å². The van der Waals surface area contributed by atoms with E-state index < -0.39 is 11.8 Å². The Labute approximate surface area is 116 Å². The van der Waals surface area contributed by atoms with Crippen LogP contribution in [0.3, 0.4) is 0 Å². The van der Waals surface area contributed by atoms with Gasteiger partial charge < -0.3 is 9.64 Å². The number of likely N-dealkylation sites (tertiary alicyclic amines) is 1. The van der Waals surface area contributed by atoms with Crippen LogP contribution in [0.5, 0.6) is 0 Å². The molecule has 1 unspecified atom stereocenters. The fourth-order valence-corrected chi connectivity index (χ4v) is 2.37. The number of carbonyl (C=O) groups is 1. The highest BCUT2D eigenvalue weighted by molar-refractivity contribution is 5.93. The van der Waals surface area contributed by atoms with Crippen molar-refractivity contribution in [3.63, 3.8) is 0 Å². The van der Waals surface area contributed by atoms with Crippen LogP contribution in [-0.4, -0.2) is 53.3 Å². The number of alkyl halides is 2. The summed E-state index contributed by atoms with van der Waals surface area (Å²) in [5.41, 5.74) is 0.438. The molecule has 1 saturated heterocycles. The molecule has 1 amide bonds. The summed E-state index contributed by atoms with van der Waals surface area (Å²) in [6, 6.07) is 0. The molecule has 1 aromatic rings. The number of halogens is 2. The van der Waals surface area contributed by atoms with Gasteiger partial charge in [0.25, 0.3) is 11.8 Å². The Kier molecular flexibility index (Phi) is 4.37. The zero-order chi connectivity index (χ0) is 14.8. The number of nitrogens with zero attached hydrogens (tertiary/aromatic N) is 3. The molecule has 20 heavy (non-hydrogen) atoms. The monoisotopic (exact) mass is 287 g/mol. The van der Waals surface area contributed by atoms with Gasteiger partial charge in [-0.2, -0.15) is 5.10 Å². The molecule has 1 atom stereocenters. The Morgan fingerprint density at radius 2 is 2.35 bits per heavy atom. The zero-order valence-electron chi connectivity index (χ0n) is 11.7. The fourth-order valence-electron chi connectivity index (χ4n) is 2.37. The van der Waals surface area contributed by atoms with Gasteiger partial charge in [-0.3, -0.25) is 9.48 Å². The molecule has 0 bridgehead atoms. The highest BCUT2D eigenvalue weighted by Gasteiger charge is 2.45. The van der Waals surface area contributed by atoms with Crippen molar-refractivity contribution in [3.8, 4) is 0 Å². The maximum Gasteiger partial charge on any atom is 0.257 e. The third-order valence-corrected chi connectivity index (χ3v) is 3.61. The first-order valence-electron chi connectivity index (χ1n) is 6.66. The maximum absolute atomic E-state index is 13.7. The number of piperidine rings is 1. The van der Waals surface area contributed by atoms with Crippen LogP contribution in [0.15, 0.2) is 12.4 Å². The molecule has 5 nitrogen and oxygen atoms in total. The van der Waals surface area contributed by atoms with Crippen molar-refractivity contribution in [1.29, 1.82) is 0 Å². The average molecular weight is 287 g/mol. The van der Waals surface area contributed by atoms with Gasteiger partial charge in [0.1, 0.15) is 0 Å². The molecule has 1 aliphatic heterocycles. The van der Waals surface area contributed by atoms with Gasteiger partial charge in [-0.1, -0.05) is 0 Å². The number of amides is 1. The third-order valence-electron chi connectivity index (χ3n) is 3.61. The Balaban J connectivity index is 2.07. The van der Waals surface area contributed by atoms with E-state index in [4.69, 9.17) is 4.74 Å². The summed E-state index contributed by atoms with van der Waals surface area (Å²) in [7, 11) is 1.39. The second-order valence-corrected chi connectivity index (χ2v) is 5.00. The molecule has 0 N–H and O–H groups in total. The lowest BCUT2D eigenvalue weighted by Crippen LogP contribution is -2.50. The van der Waals surface area contributed by atoms with Crippen LogP contribution < -0.4 is 0 Å². The van der Waals surface area contributed by atoms with Crippen molar-refractivity contribution in [2.24, 2.45) is 5.92 Å². The predicted molar refractivity (Wildman–Crippen MR) is 68.7 cm³/mol. The lowest BCUT2D eigenvalue weighted by Gasteiger charge is -2.37. The number of aromatic nitrogens is 2. The zero-order valence-corrected chi connectivity index (χ0v) is 11.7. The Morgan fingerprint density at radius 1 is 1.60 bits per heavy atom. The van der Waals surface area contributed by atoms with E-state index >= 15 is 0 Å². The maximum atomic E-state index is 13.7. The lowest BCUT2D eigenvalue weighted by molar-refractivity contribution is -0.117. The summed E-state index contributed by atoms with van der Waals surface area (Å²) in [6.45, 7) is 2.60. The van der Waals surface area contributed by atoms with Crippen LogP contribution in [0.25, 0.3) is 0 Å². The van der Waals surface area contributed by atoms with Crippen LogP contribution in [0.4, 0.5) is 8.78 Å². The first kappa shape index (κ1) is 14.9. The van der Waals surface area contributed by atoms with Crippen LogP contribution in [0, 0.1) is 5.92 Å². The minimum absolute atomic E-state index is 0.0109. The van der Waals surface area contributed by atoms with Gasteiger partial charge in [-0.05, 0) is 6.92 Å². The van der Waals surface area contributed by atoms with Crippen molar-refractivity contribution in [2.45, 2.75) is 25.8 Å². The second-order valence-electron chi connectivity index (χ2n) is 5.00. The molecule has 0 spiro atoms. The highest BCUT2D eigenvalue weighted by atomic mass is 19.3. The molecule has 2 heterocycles. The third kappa shape index (κ3) is 2.98. The van der Waals surface area contributed by atoms with Crippen LogP contribution >= 0.6 is 0 Å². The van der Waals surface area contributed by atoms with E-state index in [1.807, 2.05) is 6.92 Å². The summed E-state index contributed by atoms with van der Waals surface area (Å²) in [6.07, 6.45) is 2.79. The summed E-state index contributed by atoms with van der Waals surface area (Å²) in [5.74, 6) is -3.98. The topological polar surface area (TPSA) is 47.4 Å². The summed E-state index contributed by atoms with van der Waals surface area (Å²) in [4.78, 5) is 13.7. The number of rotatable bonds is 4. The van der Waals surface area contributed by atoms with Gasteiger partial charge in [0.15, 0.2) is 0 Å². The predicted octanol–water partition coefficient (Wildman–Crippen LogP) is 1.65. The van der Waals surface area contributed by atoms with E-state index in [9.17, 15) is 13.6 Å². The quantitative estimate of drug-likeness (QED) is 0.846. The van der Waals surface area contributed by atoms with E-state index in [2.05, 4.69) is 5.10 Å². The normalized spacial score (nSPS) is 22.0. The van der Waals surface area contributed by atoms with E-state index in [1.54, 1.807) is 10.9 Å². The molecule has 1 fully saturated rings. The minimum atomic E-state index is -2.78. The standard InChI is InChI=1S/C13H19F2N3O2/c1-3-18-7-10(6-16-18)12(19)17-5-4-13(14,15)11(8-17)9-20-2/h6-7,11H,3-5,8-9H2,1-2H3. The van der Waals surface area contributed by atoms with Crippen molar-refractivity contribution in [2.75, 3.05) is 26.8 Å². The van der Waals surface area contributed by atoms with Crippen molar-refractivity contribution >= 4 is 5.91 Å². The summed E-state index contributed by atoms with van der Waals surface area (Å²) in [5, 5.41) is 4.03. The van der Waals surface area contributed by atoms with Gasteiger partial charge in [-0.15, -0.1) is 0 Å². The number of carbonyl (C=O) groups excluding carboxylic acids is 1. The lowest BCUT2D eigenvalue weighted by atomic mass is 9.94. The largest absolute Gasteiger partial charge is 0.384 e. The van der Waals surface area contributed by atoms with Crippen LogP contribution in [0.1, 0.15) is 23.7 Å². The number of ether oxygens (including phenoxy) is 1. The van der Waals surface area contributed by atoms with Crippen molar-refractivity contribution in [1.82, 2.24) is 14.7 Å². The van der Waals surface area contributed by atoms with Crippen molar-refractivity contribution < 1.29 is 18.3 Å². The molecule has 1 aromatic heterocycles. The van der Waals surface area contributed by atoms with Gasteiger partial charge in [-0.25, -0.2) is 8.78 Å². The SMILES string of the molecule is CCn1cc(C(=O)N2CCC(F)(F)C(COC)C2)cn1. The average Bonchev–Trinajstić information content (AvgIpc) is 2.89. The van der Waals surface area contributed by atoms with E-state index in [-0.39, 0.29) is 32.0 Å². The number of methoxy groups -OCH3 is 1. The van der Waals surface area contributed by atoms with Gasteiger partial charge >= 0.3 is 0 Å². The van der Waals surface area contributed by atoms with Gasteiger partial charge in [0.05, 0.1) is 24.3 Å². The molecule has 0 saturated carbocycles. The smallest absolute Gasteiger partial charge is 0.257 e. The van der Waals surface area contributed by atoms with Crippen LogP contribution in [0.2, 0.25) is 0 Å². The summed E-state index contributed by atoms with van der Waals surface area (Å²) < 4.78 is 33.9. The van der Waals surface area contributed by atoms with Crippen LogP contribution in [-0.2, 0) is 11.3 Å². The molecule has 2 rings (SSSR count). The highest BCUT2D eigenvalue weighted by Crippen LogP contribution is 2.34. The Morgan fingerprint density at radius 3 is 2.95 bits per heavy atom. The molecular weight excluding hydrogens is 268 g/mol. The minimum Gasteiger partial charge on any atom is -0.384 e. The van der Waals surface area contributed by atoms with E-state index in [1.165, 1.54) is 18.2 Å². The molecule has 0 aromatic carbocycles. The molecule has 0 radical (unpaired) electrons. The number of aryl methyl sites for hydroxylation is 1. The Hall–Kier alpha value is -1.50. The van der Waals surface area contributed by atoms with Crippen molar-refractivity contribution in [3.05, 3.63) is 18.0 Å². The second kappa shape index (κ2) is 5.87. The van der Waals surface area contributed by atoms with E-state index in [0.717, 1.165) is 0 Å². The first-order valence-corrected chi connectivity index (χ1v) is 6.66.